The first-order chi connectivity index (χ1) is 6.43. The lowest BCUT2D eigenvalue weighted by atomic mass is 10.1. The molecule has 1 aromatic rings. The zero-order valence-corrected chi connectivity index (χ0v) is 11.6. The van der Waals surface area contributed by atoms with Crippen LogP contribution in [-0.2, 0) is 0 Å². The molecule has 1 aromatic heterocycles. The van der Waals surface area contributed by atoms with Gasteiger partial charge in [0.15, 0.2) is 0 Å². The van der Waals surface area contributed by atoms with E-state index in [4.69, 9.17) is 0 Å². The molecular weight excluding hydrogens is 287 g/mol. The summed E-state index contributed by atoms with van der Waals surface area (Å²) in [7, 11) is 0. The molecule has 0 amide bonds. The Kier molecular flexibility index (Phi) is 3.86. The second kappa shape index (κ2) is 4.55. The fourth-order valence-corrected chi connectivity index (χ4v) is 2.85. The lowest BCUT2D eigenvalue weighted by Crippen LogP contribution is -2.07. The van der Waals surface area contributed by atoms with Gasteiger partial charge in [0, 0.05) is 0 Å². The molecule has 0 aromatic carbocycles. The minimum Gasteiger partial charge on any atom is -0.237 e. The highest BCUT2D eigenvalue weighted by Gasteiger charge is 2.15. The molecule has 0 saturated heterocycles. The predicted octanol–water partition coefficient (Wildman–Crippen LogP) is 3.64. The van der Waals surface area contributed by atoms with E-state index in [2.05, 4.69) is 60.3 Å². The topological polar surface area (TPSA) is 25.8 Å². The molecule has 0 aliphatic heterocycles. The smallest absolute Gasteiger partial charge is 0.125 e. The zero-order chi connectivity index (χ0) is 10.9. The first-order valence-corrected chi connectivity index (χ1v) is 6.05. The van der Waals surface area contributed by atoms with E-state index in [1.54, 1.807) is 0 Å². The summed E-state index contributed by atoms with van der Waals surface area (Å²) in [4.78, 5) is 8.99. The molecule has 0 fully saturated rings. The van der Waals surface area contributed by atoms with Gasteiger partial charge in [0.05, 0.1) is 15.0 Å². The van der Waals surface area contributed by atoms with E-state index in [-0.39, 0.29) is 0 Å². The van der Waals surface area contributed by atoms with Crippen molar-refractivity contribution in [3.63, 3.8) is 0 Å². The van der Waals surface area contributed by atoms with Gasteiger partial charge in [0.25, 0.3) is 0 Å². The van der Waals surface area contributed by atoms with Crippen LogP contribution in [0.25, 0.3) is 0 Å². The van der Waals surface area contributed by atoms with Gasteiger partial charge in [-0.3, -0.25) is 0 Å². The number of aromatic nitrogens is 2. The maximum atomic E-state index is 4.50. The molecule has 0 saturated carbocycles. The largest absolute Gasteiger partial charge is 0.237 e. The molecule has 0 atom stereocenters. The van der Waals surface area contributed by atoms with Gasteiger partial charge in [-0.25, -0.2) is 9.97 Å². The van der Waals surface area contributed by atoms with Crippen LogP contribution < -0.4 is 0 Å². The Bertz CT molecular complexity index is 303. The molecule has 3 heteroatoms. The van der Waals surface area contributed by atoms with E-state index in [0.717, 1.165) is 5.82 Å². The molecule has 1 heterocycles. The van der Waals surface area contributed by atoms with Gasteiger partial charge in [-0.2, -0.15) is 0 Å². The van der Waals surface area contributed by atoms with Gasteiger partial charge in [-0.15, -0.1) is 0 Å². The standard InChI is InChI=1S/C11H17IN2/c1-6(2)10-9(12)11(7(3)4)14-8(5)13-10/h6-7H,1-5H3. The van der Waals surface area contributed by atoms with Crippen molar-refractivity contribution in [3.05, 3.63) is 20.8 Å². The maximum absolute atomic E-state index is 4.50. The van der Waals surface area contributed by atoms with E-state index < -0.39 is 0 Å². The third kappa shape index (κ3) is 2.43. The molecular formula is C11H17IN2. The van der Waals surface area contributed by atoms with Crippen molar-refractivity contribution >= 4 is 22.6 Å². The van der Waals surface area contributed by atoms with Gasteiger partial charge in [0.2, 0.25) is 0 Å². The number of hydrogen-bond donors (Lipinski definition) is 0. The minimum absolute atomic E-state index is 0.473. The fourth-order valence-electron chi connectivity index (χ4n) is 1.37. The van der Waals surface area contributed by atoms with Crippen LogP contribution in [0.4, 0.5) is 0 Å². The highest BCUT2D eigenvalue weighted by molar-refractivity contribution is 14.1. The first-order valence-electron chi connectivity index (χ1n) is 4.97. The van der Waals surface area contributed by atoms with Crippen LogP contribution in [0.3, 0.4) is 0 Å². The van der Waals surface area contributed by atoms with Gasteiger partial charge in [0.1, 0.15) is 5.82 Å². The summed E-state index contributed by atoms with van der Waals surface area (Å²) in [5.74, 6) is 1.83. The predicted molar refractivity (Wildman–Crippen MR) is 67.7 cm³/mol. The summed E-state index contributed by atoms with van der Waals surface area (Å²) in [5, 5.41) is 0. The van der Waals surface area contributed by atoms with Gasteiger partial charge >= 0.3 is 0 Å². The summed E-state index contributed by atoms with van der Waals surface area (Å²) in [6, 6.07) is 0. The van der Waals surface area contributed by atoms with E-state index in [9.17, 15) is 0 Å². The third-order valence-corrected chi connectivity index (χ3v) is 3.21. The molecule has 0 aliphatic rings. The van der Waals surface area contributed by atoms with Crippen molar-refractivity contribution in [1.82, 2.24) is 9.97 Å². The molecule has 78 valence electrons. The summed E-state index contributed by atoms with van der Waals surface area (Å²) >= 11 is 2.36. The first kappa shape index (κ1) is 11.9. The average molecular weight is 304 g/mol. The number of hydrogen-bond acceptors (Lipinski definition) is 2. The lowest BCUT2D eigenvalue weighted by Gasteiger charge is -2.14. The third-order valence-electron chi connectivity index (χ3n) is 2.11. The highest BCUT2D eigenvalue weighted by atomic mass is 127. The Labute approximate surface area is 99.7 Å². The van der Waals surface area contributed by atoms with Crippen LogP contribution in [0.15, 0.2) is 0 Å². The zero-order valence-electron chi connectivity index (χ0n) is 9.43. The fraction of sp³-hybridized carbons (Fsp3) is 0.636. The SMILES string of the molecule is Cc1nc(C(C)C)c(I)c(C(C)C)n1. The van der Waals surface area contributed by atoms with Gasteiger partial charge < -0.3 is 0 Å². The van der Waals surface area contributed by atoms with Crippen LogP contribution in [0.2, 0.25) is 0 Å². The molecule has 2 nitrogen and oxygen atoms in total. The van der Waals surface area contributed by atoms with Crippen molar-refractivity contribution in [2.45, 2.75) is 46.5 Å². The molecule has 0 unspecified atom stereocenters. The Balaban J connectivity index is 3.32. The van der Waals surface area contributed by atoms with E-state index in [0.29, 0.717) is 11.8 Å². The molecule has 0 spiro atoms. The normalized spacial score (nSPS) is 11.4. The molecule has 0 N–H and O–H groups in total. The van der Waals surface area contributed by atoms with E-state index >= 15 is 0 Å². The van der Waals surface area contributed by atoms with Crippen molar-refractivity contribution in [1.29, 1.82) is 0 Å². The summed E-state index contributed by atoms with van der Waals surface area (Å²) < 4.78 is 1.23. The number of halogens is 1. The monoisotopic (exact) mass is 304 g/mol. The van der Waals surface area contributed by atoms with Crippen LogP contribution >= 0.6 is 22.6 Å². The number of aryl methyl sites for hydroxylation is 1. The van der Waals surface area contributed by atoms with Crippen LogP contribution in [-0.4, -0.2) is 9.97 Å². The van der Waals surface area contributed by atoms with E-state index in [1.165, 1.54) is 15.0 Å². The van der Waals surface area contributed by atoms with Crippen LogP contribution in [0, 0.1) is 10.5 Å². The van der Waals surface area contributed by atoms with Crippen LogP contribution in [0.1, 0.15) is 56.7 Å². The summed E-state index contributed by atoms with van der Waals surface area (Å²) in [6.07, 6.45) is 0. The molecule has 0 bridgehead atoms. The quantitative estimate of drug-likeness (QED) is 0.780. The van der Waals surface area contributed by atoms with Crippen molar-refractivity contribution in [2.75, 3.05) is 0 Å². The molecule has 14 heavy (non-hydrogen) atoms. The van der Waals surface area contributed by atoms with Gasteiger partial charge in [-0.1, -0.05) is 27.7 Å². The average Bonchev–Trinajstić information content (AvgIpc) is 2.07. The minimum atomic E-state index is 0.473. The number of rotatable bonds is 2. The Morgan fingerprint density at radius 3 is 1.57 bits per heavy atom. The molecule has 0 radical (unpaired) electrons. The second-order valence-electron chi connectivity index (χ2n) is 4.16. The summed E-state index contributed by atoms with van der Waals surface area (Å²) in [5.41, 5.74) is 2.36. The molecule has 1 rings (SSSR count). The molecule has 0 aliphatic carbocycles. The van der Waals surface area contributed by atoms with Crippen molar-refractivity contribution in [2.24, 2.45) is 0 Å². The second-order valence-corrected chi connectivity index (χ2v) is 5.24. The Hall–Kier alpha value is -0.190. The van der Waals surface area contributed by atoms with Crippen molar-refractivity contribution < 1.29 is 0 Å². The van der Waals surface area contributed by atoms with Crippen molar-refractivity contribution in [3.8, 4) is 0 Å². The van der Waals surface area contributed by atoms with E-state index in [1.807, 2.05) is 6.92 Å². The lowest BCUT2D eigenvalue weighted by molar-refractivity contribution is 0.740. The maximum Gasteiger partial charge on any atom is 0.125 e. The number of nitrogens with zero attached hydrogens (tertiary/aromatic N) is 2. The highest BCUT2D eigenvalue weighted by Crippen LogP contribution is 2.26. The van der Waals surface area contributed by atoms with Gasteiger partial charge in [-0.05, 0) is 41.4 Å². The Morgan fingerprint density at radius 2 is 1.29 bits per heavy atom. The van der Waals surface area contributed by atoms with Crippen LogP contribution in [0.5, 0.6) is 0 Å². The Morgan fingerprint density at radius 1 is 0.929 bits per heavy atom. The summed E-state index contributed by atoms with van der Waals surface area (Å²) in [6.45, 7) is 10.7.